The van der Waals surface area contributed by atoms with E-state index in [1.165, 1.54) is 0 Å². The first-order valence-electron chi connectivity index (χ1n) is 4.87. The van der Waals surface area contributed by atoms with E-state index in [0.717, 1.165) is 16.0 Å². The molecular weight excluding hydrogens is 246 g/mol. The van der Waals surface area contributed by atoms with E-state index in [1.54, 1.807) is 18.4 Å². The number of ether oxygens (including phenoxy) is 1. The summed E-state index contributed by atoms with van der Waals surface area (Å²) in [4.78, 5) is 9.24. The van der Waals surface area contributed by atoms with Crippen molar-refractivity contribution in [2.24, 2.45) is 0 Å². The van der Waals surface area contributed by atoms with Crippen LogP contribution in [0.4, 0.5) is 5.82 Å². The van der Waals surface area contributed by atoms with Crippen molar-refractivity contribution in [3.8, 4) is 0 Å². The number of aromatic nitrogens is 2. The third kappa shape index (κ3) is 2.42. The van der Waals surface area contributed by atoms with Gasteiger partial charge in [0.2, 0.25) is 5.28 Å². The summed E-state index contributed by atoms with van der Waals surface area (Å²) >= 11 is 7.40. The lowest BCUT2D eigenvalue weighted by atomic mass is 10.3. The molecule has 2 aromatic rings. The predicted octanol–water partition coefficient (Wildman–Crippen LogP) is 2.79. The highest BCUT2D eigenvalue weighted by Gasteiger charge is 2.10. The predicted molar refractivity (Wildman–Crippen MR) is 67.4 cm³/mol. The molecule has 4 nitrogen and oxygen atoms in total. The minimum atomic E-state index is 0.180. The number of hydrogen-bond acceptors (Lipinski definition) is 5. The number of nitrogens with one attached hydrogen (secondary N) is 1. The summed E-state index contributed by atoms with van der Waals surface area (Å²) in [5.41, 5.74) is 0. The van der Waals surface area contributed by atoms with Crippen molar-refractivity contribution in [3.63, 3.8) is 0 Å². The second-order valence-corrected chi connectivity index (χ2v) is 4.71. The van der Waals surface area contributed by atoms with Gasteiger partial charge in [-0.05, 0) is 30.0 Å². The summed E-state index contributed by atoms with van der Waals surface area (Å²) in [5, 5.41) is 6.50. The summed E-state index contributed by atoms with van der Waals surface area (Å²) in [6.45, 7) is 2.64. The van der Waals surface area contributed by atoms with E-state index in [0.29, 0.717) is 6.61 Å². The highest BCUT2D eigenvalue weighted by atomic mass is 35.5. The Hall–Kier alpha value is -0.910. The van der Waals surface area contributed by atoms with E-state index in [2.05, 4.69) is 15.3 Å². The monoisotopic (exact) mass is 257 g/mol. The van der Waals surface area contributed by atoms with Crippen LogP contribution in [0.5, 0.6) is 0 Å². The molecule has 6 heteroatoms. The van der Waals surface area contributed by atoms with Crippen molar-refractivity contribution in [2.45, 2.75) is 13.0 Å². The van der Waals surface area contributed by atoms with Gasteiger partial charge in [0.25, 0.3) is 0 Å². The molecule has 0 saturated carbocycles. The second kappa shape index (κ2) is 4.95. The van der Waals surface area contributed by atoms with E-state index in [-0.39, 0.29) is 11.3 Å². The van der Waals surface area contributed by atoms with Crippen LogP contribution in [0.3, 0.4) is 0 Å². The van der Waals surface area contributed by atoms with Crippen LogP contribution in [-0.4, -0.2) is 29.7 Å². The Kier molecular flexibility index (Phi) is 3.58. The summed E-state index contributed by atoms with van der Waals surface area (Å²) in [6, 6.07) is 2.16. The Morgan fingerprint density at radius 3 is 3.12 bits per heavy atom. The molecule has 0 aliphatic rings. The minimum absolute atomic E-state index is 0.180. The molecule has 1 unspecified atom stereocenters. The average molecular weight is 258 g/mol. The first-order valence-corrected chi connectivity index (χ1v) is 6.12. The standard InChI is InChI=1S/C10H12ClN3OS/c1-6(5-15-2)12-8-7-3-4-16-9(7)14-10(11)13-8/h3-4,6H,5H2,1-2H3,(H,12,13,14). The lowest BCUT2D eigenvalue weighted by Crippen LogP contribution is -2.21. The smallest absolute Gasteiger partial charge is 0.225 e. The number of rotatable bonds is 4. The zero-order chi connectivity index (χ0) is 11.5. The van der Waals surface area contributed by atoms with E-state index < -0.39 is 0 Å². The molecule has 1 N–H and O–H groups in total. The molecular formula is C10H12ClN3OS. The molecule has 0 spiro atoms. The summed E-state index contributed by atoms with van der Waals surface area (Å²) in [7, 11) is 1.67. The molecule has 0 radical (unpaired) electrons. The summed E-state index contributed by atoms with van der Waals surface area (Å²) < 4.78 is 5.06. The van der Waals surface area contributed by atoms with Gasteiger partial charge in [0.1, 0.15) is 10.6 Å². The van der Waals surface area contributed by atoms with Crippen LogP contribution in [0, 0.1) is 0 Å². The lowest BCUT2D eigenvalue weighted by Gasteiger charge is -2.13. The molecule has 0 aromatic carbocycles. The van der Waals surface area contributed by atoms with Gasteiger partial charge in [0, 0.05) is 13.2 Å². The highest BCUT2D eigenvalue weighted by molar-refractivity contribution is 7.16. The normalized spacial score (nSPS) is 12.9. The zero-order valence-corrected chi connectivity index (χ0v) is 10.6. The molecule has 0 bridgehead atoms. The Balaban J connectivity index is 2.31. The molecule has 1 atom stereocenters. The lowest BCUT2D eigenvalue weighted by molar-refractivity contribution is 0.190. The Bertz CT molecular complexity index is 488. The zero-order valence-electron chi connectivity index (χ0n) is 9.03. The van der Waals surface area contributed by atoms with Crippen LogP contribution in [-0.2, 0) is 4.74 Å². The van der Waals surface area contributed by atoms with Crippen LogP contribution in [0.2, 0.25) is 5.28 Å². The van der Waals surface area contributed by atoms with Crippen molar-refractivity contribution in [3.05, 3.63) is 16.7 Å². The fourth-order valence-corrected chi connectivity index (χ4v) is 2.45. The van der Waals surface area contributed by atoms with E-state index in [9.17, 15) is 0 Å². The van der Waals surface area contributed by atoms with Crippen LogP contribution in [0.15, 0.2) is 11.4 Å². The molecule has 16 heavy (non-hydrogen) atoms. The number of thiophene rings is 1. The van der Waals surface area contributed by atoms with Gasteiger partial charge in [-0.1, -0.05) is 0 Å². The van der Waals surface area contributed by atoms with Gasteiger partial charge in [-0.25, -0.2) is 9.97 Å². The van der Waals surface area contributed by atoms with Crippen LogP contribution in [0.25, 0.3) is 10.2 Å². The van der Waals surface area contributed by atoms with Gasteiger partial charge in [-0.3, -0.25) is 0 Å². The largest absolute Gasteiger partial charge is 0.383 e. The fourth-order valence-electron chi connectivity index (χ4n) is 1.46. The number of anilines is 1. The van der Waals surface area contributed by atoms with Gasteiger partial charge >= 0.3 is 0 Å². The first-order chi connectivity index (χ1) is 7.70. The van der Waals surface area contributed by atoms with E-state index in [1.807, 2.05) is 18.4 Å². The molecule has 0 aliphatic heterocycles. The SMILES string of the molecule is COCC(C)Nc1nc(Cl)nc2sccc12. The quantitative estimate of drug-likeness (QED) is 0.856. The maximum atomic E-state index is 5.85. The second-order valence-electron chi connectivity index (χ2n) is 3.48. The van der Waals surface area contributed by atoms with Crippen molar-refractivity contribution in [1.82, 2.24) is 9.97 Å². The van der Waals surface area contributed by atoms with Crippen molar-refractivity contribution in [1.29, 1.82) is 0 Å². The molecule has 0 amide bonds. The first kappa shape index (κ1) is 11.6. The maximum absolute atomic E-state index is 5.85. The van der Waals surface area contributed by atoms with Crippen LogP contribution >= 0.6 is 22.9 Å². The molecule has 0 saturated heterocycles. The fraction of sp³-hybridized carbons (Fsp3) is 0.400. The molecule has 2 aromatic heterocycles. The summed E-state index contributed by atoms with van der Waals surface area (Å²) in [6.07, 6.45) is 0. The maximum Gasteiger partial charge on any atom is 0.225 e. The molecule has 86 valence electrons. The Morgan fingerprint density at radius 2 is 2.38 bits per heavy atom. The number of methoxy groups -OCH3 is 1. The van der Waals surface area contributed by atoms with Gasteiger partial charge in [0.05, 0.1) is 12.0 Å². The number of fused-ring (bicyclic) bond motifs is 1. The Morgan fingerprint density at radius 1 is 1.56 bits per heavy atom. The van der Waals surface area contributed by atoms with Gasteiger partial charge in [0.15, 0.2) is 0 Å². The van der Waals surface area contributed by atoms with Gasteiger partial charge in [-0.15, -0.1) is 11.3 Å². The average Bonchev–Trinajstić information content (AvgIpc) is 2.65. The third-order valence-electron chi connectivity index (χ3n) is 2.10. The molecule has 2 heterocycles. The van der Waals surface area contributed by atoms with E-state index >= 15 is 0 Å². The van der Waals surface area contributed by atoms with Crippen molar-refractivity contribution < 1.29 is 4.74 Å². The number of nitrogens with zero attached hydrogens (tertiary/aromatic N) is 2. The highest BCUT2D eigenvalue weighted by Crippen LogP contribution is 2.26. The topological polar surface area (TPSA) is 47.0 Å². The third-order valence-corrected chi connectivity index (χ3v) is 3.07. The van der Waals surface area contributed by atoms with Crippen LogP contribution in [0.1, 0.15) is 6.92 Å². The van der Waals surface area contributed by atoms with E-state index in [4.69, 9.17) is 16.3 Å². The van der Waals surface area contributed by atoms with Crippen molar-refractivity contribution in [2.75, 3.05) is 19.0 Å². The van der Waals surface area contributed by atoms with Gasteiger partial charge in [-0.2, -0.15) is 0 Å². The molecule has 0 aliphatic carbocycles. The number of hydrogen-bond donors (Lipinski definition) is 1. The number of halogens is 1. The van der Waals surface area contributed by atoms with Crippen LogP contribution < -0.4 is 5.32 Å². The minimum Gasteiger partial charge on any atom is -0.383 e. The Labute approximate surface area is 103 Å². The molecule has 0 fully saturated rings. The van der Waals surface area contributed by atoms with Crippen molar-refractivity contribution >= 4 is 39.0 Å². The van der Waals surface area contributed by atoms with Gasteiger partial charge < -0.3 is 10.1 Å². The molecule has 2 rings (SSSR count). The summed E-state index contributed by atoms with van der Waals surface area (Å²) in [5.74, 6) is 0.765.